The molecule has 78 valence electrons. The molecule has 4 N–H and O–H groups in total. The van der Waals surface area contributed by atoms with Gasteiger partial charge in [0.15, 0.2) is 0 Å². The number of nitrogens with two attached hydrogens (primary N) is 2. The van der Waals surface area contributed by atoms with Crippen molar-refractivity contribution in [3.63, 3.8) is 0 Å². The second-order valence-electron chi connectivity index (χ2n) is 3.65. The third kappa shape index (κ3) is 1.16. The first-order valence-corrected chi connectivity index (χ1v) is 4.96. The number of para-hydroxylation sites is 2. The van der Waals surface area contributed by atoms with Crippen LogP contribution in [0.4, 0.5) is 11.4 Å². The largest absolute Gasteiger partial charge is 0.397 e. The van der Waals surface area contributed by atoms with Gasteiger partial charge in [-0.15, -0.1) is 0 Å². The highest BCUT2D eigenvalue weighted by Gasteiger charge is 2.05. The van der Waals surface area contributed by atoms with Gasteiger partial charge in [-0.3, -0.25) is 0 Å². The molecule has 3 rings (SSSR count). The number of nitrogens with zero attached hydrogens (tertiary/aromatic N) is 2. The molecule has 0 fully saturated rings. The number of benzene rings is 2. The molecule has 0 saturated carbocycles. The molecule has 0 bridgehead atoms. The minimum absolute atomic E-state index is 0.634. The quantitative estimate of drug-likeness (QED) is 0.439. The lowest BCUT2D eigenvalue weighted by molar-refractivity contribution is 1.40. The summed E-state index contributed by atoms with van der Waals surface area (Å²) in [7, 11) is 0. The van der Waals surface area contributed by atoms with Crippen molar-refractivity contribution in [2.45, 2.75) is 0 Å². The highest BCUT2D eigenvalue weighted by Crippen LogP contribution is 2.23. The molecular formula is C12H10N4. The fourth-order valence-electron chi connectivity index (χ4n) is 1.76. The van der Waals surface area contributed by atoms with Crippen molar-refractivity contribution in [1.82, 2.24) is 9.97 Å². The van der Waals surface area contributed by atoms with Crippen LogP contribution in [0.15, 0.2) is 36.4 Å². The minimum atomic E-state index is 0.634. The molecular weight excluding hydrogens is 200 g/mol. The molecule has 4 heteroatoms. The van der Waals surface area contributed by atoms with Crippen LogP contribution in [0, 0.1) is 0 Å². The van der Waals surface area contributed by atoms with Crippen LogP contribution in [0.3, 0.4) is 0 Å². The molecule has 2 aromatic carbocycles. The van der Waals surface area contributed by atoms with Gasteiger partial charge in [0, 0.05) is 0 Å². The van der Waals surface area contributed by atoms with Crippen molar-refractivity contribution in [3.8, 4) is 0 Å². The Bertz CT molecular complexity index is 629. The van der Waals surface area contributed by atoms with Gasteiger partial charge in [-0.25, -0.2) is 9.97 Å². The summed E-state index contributed by atoms with van der Waals surface area (Å²) in [6, 6.07) is 11.1. The summed E-state index contributed by atoms with van der Waals surface area (Å²) in [4.78, 5) is 8.94. The Hall–Kier alpha value is -2.36. The molecule has 0 aliphatic rings. The lowest BCUT2D eigenvalue weighted by Gasteiger charge is -2.04. The van der Waals surface area contributed by atoms with Crippen molar-refractivity contribution in [2.75, 3.05) is 11.5 Å². The predicted molar refractivity (Wildman–Crippen MR) is 65.9 cm³/mol. The summed E-state index contributed by atoms with van der Waals surface area (Å²) < 4.78 is 0. The maximum Gasteiger partial charge on any atom is 0.112 e. The van der Waals surface area contributed by atoms with Crippen LogP contribution in [0.1, 0.15) is 0 Å². The molecule has 4 nitrogen and oxygen atoms in total. The van der Waals surface area contributed by atoms with Crippen LogP contribution in [0.25, 0.3) is 22.1 Å². The standard InChI is InChI=1S/C12H10N4/c13-7-3-1-5-9-11(7)16-10-6-2-4-8(14)12(10)15-9/h1-6H,13-14H2. The van der Waals surface area contributed by atoms with Crippen LogP contribution in [0.2, 0.25) is 0 Å². The lowest BCUT2D eigenvalue weighted by atomic mass is 10.2. The fraction of sp³-hybridized carbons (Fsp3) is 0. The Morgan fingerprint density at radius 3 is 1.56 bits per heavy atom. The molecule has 0 aliphatic heterocycles. The molecule has 16 heavy (non-hydrogen) atoms. The number of anilines is 2. The Labute approximate surface area is 91.9 Å². The van der Waals surface area contributed by atoms with E-state index in [1.807, 2.05) is 36.4 Å². The summed E-state index contributed by atoms with van der Waals surface area (Å²) in [5.41, 5.74) is 16.0. The van der Waals surface area contributed by atoms with Gasteiger partial charge < -0.3 is 11.5 Å². The first-order chi connectivity index (χ1) is 7.75. The van der Waals surface area contributed by atoms with Crippen LogP contribution >= 0.6 is 0 Å². The average Bonchev–Trinajstić information content (AvgIpc) is 2.29. The highest BCUT2D eigenvalue weighted by atomic mass is 14.8. The topological polar surface area (TPSA) is 77.8 Å². The Morgan fingerprint density at radius 1 is 0.688 bits per heavy atom. The molecule has 0 radical (unpaired) electrons. The second kappa shape index (κ2) is 3.06. The normalized spacial score (nSPS) is 11.0. The van der Waals surface area contributed by atoms with Gasteiger partial charge in [0.2, 0.25) is 0 Å². The molecule has 0 unspecified atom stereocenters. The number of rotatable bonds is 0. The van der Waals surface area contributed by atoms with Crippen molar-refractivity contribution < 1.29 is 0 Å². The van der Waals surface area contributed by atoms with E-state index in [2.05, 4.69) is 9.97 Å². The minimum Gasteiger partial charge on any atom is -0.397 e. The second-order valence-corrected chi connectivity index (χ2v) is 3.65. The predicted octanol–water partition coefficient (Wildman–Crippen LogP) is 1.95. The number of aromatic nitrogens is 2. The summed E-state index contributed by atoms with van der Waals surface area (Å²) >= 11 is 0. The van der Waals surface area contributed by atoms with Gasteiger partial charge in [-0.1, -0.05) is 12.1 Å². The van der Waals surface area contributed by atoms with Gasteiger partial charge in [0.05, 0.1) is 22.4 Å². The molecule has 0 saturated heterocycles. The summed E-state index contributed by atoms with van der Waals surface area (Å²) in [6.07, 6.45) is 0. The first kappa shape index (κ1) is 8.91. The molecule has 1 aromatic heterocycles. The fourth-order valence-corrected chi connectivity index (χ4v) is 1.76. The smallest absolute Gasteiger partial charge is 0.112 e. The monoisotopic (exact) mass is 210 g/mol. The number of hydrogen-bond acceptors (Lipinski definition) is 4. The third-order valence-corrected chi connectivity index (χ3v) is 2.56. The lowest BCUT2D eigenvalue weighted by Crippen LogP contribution is -1.95. The SMILES string of the molecule is Nc1cccc2nc3c(N)cccc3nc12. The van der Waals surface area contributed by atoms with E-state index >= 15 is 0 Å². The van der Waals surface area contributed by atoms with Crippen LogP contribution in [-0.4, -0.2) is 9.97 Å². The zero-order valence-corrected chi connectivity index (χ0v) is 8.51. The number of hydrogen-bond donors (Lipinski definition) is 2. The Kier molecular flexibility index (Phi) is 1.71. The third-order valence-electron chi connectivity index (χ3n) is 2.56. The molecule has 0 spiro atoms. The molecule has 0 aliphatic carbocycles. The van der Waals surface area contributed by atoms with E-state index in [0.29, 0.717) is 11.4 Å². The Morgan fingerprint density at radius 2 is 1.12 bits per heavy atom. The van der Waals surface area contributed by atoms with E-state index in [9.17, 15) is 0 Å². The van der Waals surface area contributed by atoms with Gasteiger partial charge in [0.1, 0.15) is 11.0 Å². The van der Waals surface area contributed by atoms with Gasteiger partial charge in [0.25, 0.3) is 0 Å². The average molecular weight is 210 g/mol. The van der Waals surface area contributed by atoms with Crippen LogP contribution < -0.4 is 11.5 Å². The van der Waals surface area contributed by atoms with Crippen molar-refractivity contribution >= 4 is 33.4 Å². The van der Waals surface area contributed by atoms with E-state index in [-0.39, 0.29) is 0 Å². The van der Waals surface area contributed by atoms with E-state index in [1.54, 1.807) is 0 Å². The van der Waals surface area contributed by atoms with Crippen molar-refractivity contribution in [2.24, 2.45) is 0 Å². The zero-order chi connectivity index (χ0) is 11.1. The molecule has 0 atom stereocenters. The van der Waals surface area contributed by atoms with Gasteiger partial charge >= 0.3 is 0 Å². The van der Waals surface area contributed by atoms with E-state index in [4.69, 9.17) is 11.5 Å². The van der Waals surface area contributed by atoms with Crippen molar-refractivity contribution in [3.05, 3.63) is 36.4 Å². The maximum absolute atomic E-state index is 5.85. The summed E-state index contributed by atoms with van der Waals surface area (Å²) in [5, 5.41) is 0. The van der Waals surface area contributed by atoms with E-state index < -0.39 is 0 Å². The van der Waals surface area contributed by atoms with Gasteiger partial charge in [-0.2, -0.15) is 0 Å². The summed E-state index contributed by atoms with van der Waals surface area (Å²) in [5.74, 6) is 0. The number of nitrogen functional groups attached to an aromatic ring is 2. The maximum atomic E-state index is 5.85. The molecule has 0 amide bonds. The molecule has 3 aromatic rings. The number of fused-ring (bicyclic) bond motifs is 2. The van der Waals surface area contributed by atoms with Crippen LogP contribution in [0.5, 0.6) is 0 Å². The van der Waals surface area contributed by atoms with Crippen molar-refractivity contribution in [1.29, 1.82) is 0 Å². The first-order valence-electron chi connectivity index (χ1n) is 4.96. The molecule has 1 heterocycles. The van der Waals surface area contributed by atoms with E-state index in [0.717, 1.165) is 22.1 Å². The van der Waals surface area contributed by atoms with Gasteiger partial charge in [-0.05, 0) is 24.3 Å². The zero-order valence-electron chi connectivity index (χ0n) is 8.51. The Balaban J connectivity index is 2.54. The highest BCUT2D eigenvalue weighted by molar-refractivity contribution is 5.96. The van der Waals surface area contributed by atoms with E-state index in [1.165, 1.54) is 0 Å². The summed E-state index contributed by atoms with van der Waals surface area (Å²) in [6.45, 7) is 0. The van der Waals surface area contributed by atoms with Crippen LogP contribution in [-0.2, 0) is 0 Å².